The molecule has 1 heterocycles. The van der Waals surface area contributed by atoms with Crippen molar-refractivity contribution >= 4 is 18.3 Å². The molecule has 0 aliphatic rings. The van der Waals surface area contributed by atoms with E-state index in [1.807, 2.05) is 31.2 Å². The molecule has 5 nitrogen and oxygen atoms in total. The lowest BCUT2D eigenvalue weighted by Gasteiger charge is -2.07. The molecule has 114 valence electrons. The van der Waals surface area contributed by atoms with Crippen molar-refractivity contribution in [3.63, 3.8) is 0 Å². The number of ether oxygens (including phenoxy) is 1. The molecule has 0 bridgehead atoms. The van der Waals surface area contributed by atoms with Gasteiger partial charge in [0.05, 0.1) is 18.7 Å². The molecule has 1 aromatic carbocycles. The highest BCUT2D eigenvalue weighted by Crippen LogP contribution is 2.11. The second kappa shape index (κ2) is 8.34. The molecule has 2 rings (SSSR count). The molecule has 3 N–H and O–H groups in total. The molecule has 1 aromatic heterocycles. The van der Waals surface area contributed by atoms with Gasteiger partial charge in [-0.25, -0.2) is 0 Å². The summed E-state index contributed by atoms with van der Waals surface area (Å²) < 4.78 is 10.6. The highest BCUT2D eigenvalue weighted by molar-refractivity contribution is 5.93. The Morgan fingerprint density at radius 1 is 1.33 bits per heavy atom. The molecule has 0 saturated carbocycles. The molecule has 2 aromatic rings. The molecule has 0 fully saturated rings. The van der Waals surface area contributed by atoms with Crippen LogP contribution in [0.25, 0.3) is 0 Å². The lowest BCUT2D eigenvalue weighted by Crippen LogP contribution is -2.27. The lowest BCUT2D eigenvalue weighted by molar-refractivity contribution is 0.0946. The van der Waals surface area contributed by atoms with Crippen LogP contribution in [0.1, 0.15) is 21.7 Å². The summed E-state index contributed by atoms with van der Waals surface area (Å²) in [5.41, 5.74) is 7.07. The van der Waals surface area contributed by atoms with Gasteiger partial charge in [-0.05, 0) is 25.1 Å². The third kappa shape index (κ3) is 5.13. The van der Waals surface area contributed by atoms with E-state index in [1.54, 1.807) is 6.07 Å². The van der Waals surface area contributed by atoms with Crippen LogP contribution in [-0.4, -0.2) is 19.1 Å². The van der Waals surface area contributed by atoms with E-state index in [2.05, 4.69) is 5.32 Å². The van der Waals surface area contributed by atoms with Crippen molar-refractivity contribution in [2.24, 2.45) is 5.73 Å². The number of rotatable bonds is 6. The van der Waals surface area contributed by atoms with Gasteiger partial charge in [0.25, 0.3) is 5.91 Å². The van der Waals surface area contributed by atoms with E-state index in [0.717, 1.165) is 5.75 Å². The zero-order valence-corrected chi connectivity index (χ0v) is 12.6. The van der Waals surface area contributed by atoms with Crippen LogP contribution >= 0.6 is 12.4 Å². The third-order valence-electron chi connectivity index (χ3n) is 2.79. The minimum absolute atomic E-state index is 0. The number of amides is 1. The highest BCUT2D eigenvalue weighted by atomic mass is 35.5. The Balaban J connectivity index is 0.00000220. The van der Waals surface area contributed by atoms with Crippen LogP contribution in [0.2, 0.25) is 0 Å². The van der Waals surface area contributed by atoms with E-state index in [1.165, 1.54) is 11.8 Å². The zero-order valence-electron chi connectivity index (χ0n) is 11.8. The maximum absolute atomic E-state index is 11.8. The summed E-state index contributed by atoms with van der Waals surface area (Å²) in [4.78, 5) is 11.8. The number of hydrogen-bond acceptors (Lipinski definition) is 4. The highest BCUT2D eigenvalue weighted by Gasteiger charge is 2.08. The number of nitrogens with two attached hydrogens (primary N) is 1. The van der Waals surface area contributed by atoms with E-state index < -0.39 is 0 Å². The molecule has 0 saturated heterocycles. The van der Waals surface area contributed by atoms with E-state index in [0.29, 0.717) is 24.5 Å². The van der Waals surface area contributed by atoms with Crippen LogP contribution in [-0.2, 0) is 6.54 Å². The fraction of sp³-hybridized carbons (Fsp3) is 0.267. The Morgan fingerprint density at radius 3 is 2.67 bits per heavy atom. The monoisotopic (exact) mass is 310 g/mol. The molecule has 0 unspecified atom stereocenters. The number of aryl methyl sites for hydroxylation is 1. The first-order chi connectivity index (χ1) is 9.69. The number of furan rings is 1. The number of carbonyl (C=O) groups is 1. The standard InChI is InChI=1S/C15H18N2O3.ClH/c1-11-2-4-13(5-3-11)19-7-6-17-15(18)12-8-14(9-16)20-10-12;/h2-5,8,10H,6-7,9,16H2,1H3,(H,17,18);1H. The molecular weight excluding hydrogens is 292 g/mol. The molecule has 0 spiro atoms. The second-order valence-corrected chi connectivity index (χ2v) is 4.42. The van der Waals surface area contributed by atoms with Crippen molar-refractivity contribution in [1.82, 2.24) is 5.32 Å². The Bertz CT molecular complexity index is 567. The van der Waals surface area contributed by atoms with E-state index in [-0.39, 0.29) is 24.9 Å². The van der Waals surface area contributed by atoms with Gasteiger partial charge in [-0.3, -0.25) is 4.79 Å². The van der Waals surface area contributed by atoms with Gasteiger partial charge in [0.1, 0.15) is 24.4 Å². The van der Waals surface area contributed by atoms with Crippen molar-refractivity contribution in [2.75, 3.05) is 13.2 Å². The van der Waals surface area contributed by atoms with Gasteiger partial charge >= 0.3 is 0 Å². The molecule has 0 atom stereocenters. The van der Waals surface area contributed by atoms with Crippen molar-refractivity contribution in [3.05, 3.63) is 53.5 Å². The fourth-order valence-electron chi connectivity index (χ4n) is 1.68. The molecular formula is C15H19ClN2O3. The summed E-state index contributed by atoms with van der Waals surface area (Å²) in [6.07, 6.45) is 1.40. The average Bonchev–Trinajstić information content (AvgIpc) is 2.94. The first-order valence-corrected chi connectivity index (χ1v) is 6.44. The van der Waals surface area contributed by atoms with Crippen LogP contribution in [0, 0.1) is 6.92 Å². The number of carbonyl (C=O) groups excluding carboxylic acids is 1. The quantitative estimate of drug-likeness (QED) is 0.802. The predicted molar refractivity (Wildman–Crippen MR) is 82.9 cm³/mol. The third-order valence-corrected chi connectivity index (χ3v) is 2.79. The largest absolute Gasteiger partial charge is 0.492 e. The van der Waals surface area contributed by atoms with Crippen LogP contribution in [0.15, 0.2) is 41.0 Å². The van der Waals surface area contributed by atoms with Gasteiger partial charge in [-0.15, -0.1) is 12.4 Å². The topological polar surface area (TPSA) is 77.5 Å². The van der Waals surface area contributed by atoms with Crippen molar-refractivity contribution in [3.8, 4) is 5.75 Å². The summed E-state index contributed by atoms with van der Waals surface area (Å²) in [7, 11) is 0. The Hall–Kier alpha value is -1.98. The average molecular weight is 311 g/mol. The first kappa shape index (κ1) is 17.1. The molecule has 6 heteroatoms. The van der Waals surface area contributed by atoms with Gasteiger partial charge in [0, 0.05) is 0 Å². The molecule has 21 heavy (non-hydrogen) atoms. The number of hydrogen-bond donors (Lipinski definition) is 2. The molecule has 0 radical (unpaired) electrons. The number of nitrogens with one attached hydrogen (secondary N) is 1. The smallest absolute Gasteiger partial charge is 0.254 e. The maximum Gasteiger partial charge on any atom is 0.254 e. The second-order valence-electron chi connectivity index (χ2n) is 4.42. The normalized spacial score (nSPS) is 9.81. The number of benzene rings is 1. The molecule has 0 aliphatic carbocycles. The Labute approximate surface area is 129 Å². The summed E-state index contributed by atoms with van der Waals surface area (Å²) in [5.74, 6) is 1.19. The maximum atomic E-state index is 11.8. The van der Waals surface area contributed by atoms with Crippen LogP contribution in [0.4, 0.5) is 0 Å². The fourth-order valence-corrected chi connectivity index (χ4v) is 1.68. The van der Waals surface area contributed by atoms with E-state index in [4.69, 9.17) is 14.9 Å². The van der Waals surface area contributed by atoms with E-state index in [9.17, 15) is 4.79 Å². The SMILES string of the molecule is Cc1ccc(OCCNC(=O)c2coc(CN)c2)cc1.Cl. The van der Waals surface area contributed by atoms with Crippen molar-refractivity contribution in [1.29, 1.82) is 0 Å². The molecule has 1 amide bonds. The summed E-state index contributed by atoms with van der Waals surface area (Å²) >= 11 is 0. The van der Waals surface area contributed by atoms with Gasteiger partial charge in [0.2, 0.25) is 0 Å². The van der Waals surface area contributed by atoms with Crippen LogP contribution in [0.3, 0.4) is 0 Å². The minimum Gasteiger partial charge on any atom is -0.492 e. The van der Waals surface area contributed by atoms with Gasteiger partial charge in [0.15, 0.2) is 0 Å². The summed E-state index contributed by atoms with van der Waals surface area (Å²) in [6, 6.07) is 9.40. The van der Waals surface area contributed by atoms with Crippen molar-refractivity contribution < 1.29 is 13.9 Å². The predicted octanol–water partition coefficient (Wildman–Crippen LogP) is 2.28. The van der Waals surface area contributed by atoms with Crippen LogP contribution < -0.4 is 15.8 Å². The van der Waals surface area contributed by atoms with Crippen molar-refractivity contribution in [2.45, 2.75) is 13.5 Å². The number of halogens is 1. The first-order valence-electron chi connectivity index (χ1n) is 6.44. The summed E-state index contributed by atoms with van der Waals surface area (Å²) in [6.45, 7) is 3.14. The molecule has 0 aliphatic heterocycles. The van der Waals surface area contributed by atoms with Gasteiger partial charge in [-0.1, -0.05) is 17.7 Å². The van der Waals surface area contributed by atoms with E-state index >= 15 is 0 Å². The lowest BCUT2D eigenvalue weighted by atomic mass is 10.2. The van der Waals surface area contributed by atoms with Gasteiger partial charge < -0.3 is 20.2 Å². The Morgan fingerprint density at radius 2 is 2.05 bits per heavy atom. The van der Waals surface area contributed by atoms with Crippen LogP contribution in [0.5, 0.6) is 5.75 Å². The zero-order chi connectivity index (χ0) is 14.4. The summed E-state index contributed by atoms with van der Waals surface area (Å²) in [5, 5.41) is 2.75. The minimum atomic E-state index is -0.194. The Kier molecular flexibility index (Phi) is 6.78. The van der Waals surface area contributed by atoms with Gasteiger partial charge in [-0.2, -0.15) is 0 Å².